The summed E-state index contributed by atoms with van der Waals surface area (Å²) in [5, 5.41) is 21.1. The molecule has 1 fully saturated rings. The van der Waals surface area contributed by atoms with Crippen LogP contribution in [-0.2, 0) is 0 Å². The number of benzene rings is 1. The third-order valence-corrected chi connectivity index (χ3v) is 3.19. The van der Waals surface area contributed by atoms with E-state index < -0.39 is 12.1 Å². The predicted molar refractivity (Wildman–Crippen MR) is 69.4 cm³/mol. The SMILES string of the molecule is Cc1cccc(C(=O)O)c1NC(=O)N1CCC(O)C1. The van der Waals surface area contributed by atoms with Crippen molar-refractivity contribution in [3.8, 4) is 0 Å². The molecule has 1 heterocycles. The average molecular weight is 264 g/mol. The topological polar surface area (TPSA) is 89.9 Å². The molecule has 0 aromatic heterocycles. The lowest BCUT2D eigenvalue weighted by atomic mass is 10.1. The number of amides is 2. The zero-order chi connectivity index (χ0) is 14.0. The molecule has 6 nitrogen and oxygen atoms in total. The van der Waals surface area contributed by atoms with Crippen LogP contribution < -0.4 is 5.32 Å². The minimum atomic E-state index is -1.08. The number of rotatable bonds is 2. The fraction of sp³-hybridized carbons (Fsp3) is 0.385. The number of carboxylic acids is 1. The van der Waals surface area contributed by atoms with Gasteiger partial charge in [-0.3, -0.25) is 0 Å². The van der Waals surface area contributed by atoms with E-state index in [0.717, 1.165) is 0 Å². The molecule has 1 aliphatic heterocycles. The van der Waals surface area contributed by atoms with Crippen LogP contribution in [0.5, 0.6) is 0 Å². The van der Waals surface area contributed by atoms with Crippen LogP contribution in [0.1, 0.15) is 22.3 Å². The van der Waals surface area contributed by atoms with Gasteiger partial charge in [0.2, 0.25) is 0 Å². The Morgan fingerprint density at radius 1 is 1.42 bits per heavy atom. The maximum absolute atomic E-state index is 12.0. The largest absolute Gasteiger partial charge is 0.478 e. The number of carbonyl (C=O) groups is 2. The van der Waals surface area contributed by atoms with Crippen LogP contribution in [0, 0.1) is 6.92 Å². The Bertz CT molecular complexity index is 515. The molecule has 1 atom stereocenters. The molecular weight excluding hydrogens is 248 g/mol. The Labute approximate surface area is 110 Å². The molecule has 3 N–H and O–H groups in total. The molecule has 1 aromatic carbocycles. The van der Waals surface area contributed by atoms with Crippen molar-refractivity contribution in [2.75, 3.05) is 18.4 Å². The maximum atomic E-state index is 12.0. The minimum absolute atomic E-state index is 0.0631. The normalized spacial score (nSPS) is 18.4. The van der Waals surface area contributed by atoms with E-state index in [1.165, 1.54) is 11.0 Å². The van der Waals surface area contributed by atoms with Crippen LogP contribution in [0.25, 0.3) is 0 Å². The highest BCUT2D eigenvalue weighted by molar-refractivity contribution is 6.01. The van der Waals surface area contributed by atoms with Gasteiger partial charge in [0.1, 0.15) is 0 Å². The quantitative estimate of drug-likeness (QED) is 0.750. The lowest BCUT2D eigenvalue weighted by Gasteiger charge is -2.18. The van der Waals surface area contributed by atoms with Crippen molar-refractivity contribution in [1.29, 1.82) is 0 Å². The standard InChI is InChI=1S/C13H16N2O4/c1-8-3-2-4-10(12(17)18)11(8)14-13(19)15-6-5-9(16)7-15/h2-4,9,16H,5-7H2,1H3,(H,14,19)(H,17,18). The number of likely N-dealkylation sites (tertiary alicyclic amines) is 1. The maximum Gasteiger partial charge on any atom is 0.337 e. The Hall–Kier alpha value is -2.08. The molecule has 1 aromatic rings. The van der Waals surface area contributed by atoms with Crippen molar-refractivity contribution in [3.63, 3.8) is 0 Å². The van der Waals surface area contributed by atoms with E-state index in [1.54, 1.807) is 19.1 Å². The molecule has 19 heavy (non-hydrogen) atoms. The number of carboxylic acid groups (broad SMARTS) is 1. The van der Waals surface area contributed by atoms with Gasteiger partial charge in [0.05, 0.1) is 17.4 Å². The summed E-state index contributed by atoms with van der Waals surface area (Å²) in [7, 11) is 0. The number of para-hydroxylation sites is 1. The molecular formula is C13H16N2O4. The lowest BCUT2D eigenvalue weighted by molar-refractivity contribution is 0.0698. The highest BCUT2D eigenvalue weighted by Gasteiger charge is 2.25. The van der Waals surface area contributed by atoms with Gasteiger partial charge in [-0.25, -0.2) is 9.59 Å². The summed E-state index contributed by atoms with van der Waals surface area (Å²) >= 11 is 0. The molecule has 0 aliphatic carbocycles. The number of hydrogen-bond donors (Lipinski definition) is 3. The summed E-state index contributed by atoms with van der Waals surface area (Å²) in [6.07, 6.45) is 0.0500. The summed E-state index contributed by atoms with van der Waals surface area (Å²) in [5.74, 6) is -1.08. The van der Waals surface area contributed by atoms with Gasteiger partial charge >= 0.3 is 12.0 Å². The number of aliphatic hydroxyl groups is 1. The van der Waals surface area contributed by atoms with Crippen molar-refractivity contribution < 1.29 is 19.8 Å². The highest BCUT2D eigenvalue weighted by Crippen LogP contribution is 2.22. The number of nitrogens with zero attached hydrogens (tertiary/aromatic N) is 1. The van der Waals surface area contributed by atoms with Crippen molar-refractivity contribution in [3.05, 3.63) is 29.3 Å². The summed E-state index contributed by atoms with van der Waals surface area (Å²) < 4.78 is 0. The van der Waals surface area contributed by atoms with Crippen LogP contribution in [-0.4, -0.2) is 46.3 Å². The van der Waals surface area contributed by atoms with E-state index in [9.17, 15) is 14.7 Å². The van der Waals surface area contributed by atoms with E-state index in [0.29, 0.717) is 24.2 Å². The number of aromatic carboxylic acids is 1. The zero-order valence-electron chi connectivity index (χ0n) is 10.6. The van der Waals surface area contributed by atoms with Crippen molar-refractivity contribution in [2.24, 2.45) is 0 Å². The second-order valence-electron chi connectivity index (χ2n) is 4.62. The molecule has 0 bridgehead atoms. The molecule has 102 valence electrons. The van der Waals surface area contributed by atoms with Gasteiger partial charge in [0.25, 0.3) is 0 Å². The third kappa shape index (κ3) is 2.85. The highest BCUT2D eigenvalue weighted by atomic mass is 16.4. The average Bonchev–Trinajstić information content (AvgIpc) is 2.78. The minimum Gasteiger partial charge on any atom is -0.478 e. The summed E-state index contributed by atoms with van der Waals surface area (Å²) in [5.41, 5.74) is 1.06. The number of aryl methyl sites for hydroxylation is 1. The zero-order valence-corrected chi connectivity index (χ0v) is 10.6. The Kier molecular flexibility index (Phi) is 3.71. The number of β-amino-alcohol motifs (C(OH)–C–C–N with tert-alkyl or cyclic N) is 1. The van der Waals surface area contributed by atoms with Gasteiger partial charge < -0.3 is 20.4 Å². The fourth-order valence-corrected chi connectivity index (χ4v) is 2.12. The second kappa shape index (κ2) is 5.27. The summed E-state index contributed by atoms with van der Waals surface area (Å²) in [4.78, 5) is 24.6. The Morgan fingerprint density at radius 2 is 2.16 bits per heavy atom. The molecule has 0 spiro atoms. The van der Waals surface area contributed by atoms with E-state index in [1.807, 2.05) is 0 Å². The van der Waals surface area contributed by atoms with Crippen molar-refractivity contribution >= 4 is 17.7 Å². The molecule has 2 amide bonds. The summed E-state index contributed by atoms with van der Waals surface area (Å²) in [6.45, 7) is 2.49. The van der Waals surface area contributed by atoms with Crippen LogP contribution in [0.15, 0.2) is 18.2 Å². The second-order valence-corrected chi connectivity index (χ2v) is 4.62. The van der Waals surface area contributed by atoms with E-state index in [4.69, 9.17) is 5.11 Å². The molecule has 0 radical (unpaired) electrons. The molecule has 0 saturated carbocycles. The first kappa shape index (κ1) is 13.4. The number of nitrogens with one attached hydrogen (secondary N) is 1. The van der Waals surface area contributed by atoms with Gasteiger partial charge in [-0.2, -0.15) is 0 Å². The van der Waals surface area contributed by atoms with E-state index in [2.05, 4.69) is 5.32 Å². The van der Waals surface area contributed by atoms with Gasteiger partial charge in [0.15, 0.2) is 0 Å². The monoisotopic (exact) mass is 264 g/mol. The molecule has 2 rings (SSSR count). The summed E-state index contributed by atoms with van der Waals surface area (Å²) in [6, 6.07) is 4.44. The third-order valence-electron chi connectivity index (χ3n) is 3.19. The lowest BCUT2D eigenvalue weighted by Crippen LogP contribution is -2.34. The van der Waals surface area contributed by atoms with Crippen molar-refractivity contribution in [2.45, 2.75) is 19.4 Å². The van der Waals surface area contributed by atoms with E-state index in [-0.39, 0.29) is 18.1 Å². The number of anilines is 1. The first-order chi connectivity index (χ1) is 8.99. The Morgan fingerprint density at radius 3 is 2.74 bits per heavy atom. The van der Waals surface area contributed by atoms with Crippen LogP contribution in [0.2, 0.25) is 0 Å². The van der Waals surface area contributed by atoms with Gasteiger partial charge in [0, 0.05) is 13.1 Å². The molecule has 1 unspecified atom stereocenters. The van der Waals surface area contributed by atoms with Gasteiger partial charge in [-0.05, 0) is 25.0 Å². The molecule has 1 aliphatic rings. The first-order valence-electron chi connectivity index (χ1n) is 6.06. The molecule has 1 saturated heterocycles. The fourth-order valence-electron chi connectivity index (χ4n) is 2.12. The Balaban J connectivity index is 2.19. The predicted octanol–water partition coefficient (Wildman–Crippen LogP) is 1.29. The van der Waals surface area contributed by atoms with Crippen LogP contribution in [0.4, 0.5) is 10.5 Å². The smallest absolute Gasteiger partial charge is 0.337 e. The number of carbonyl (C=O) groups excluding carboxylic acids is 1. The first-order valence-corrected chi connectivity index (χ1v) is 6.06. The van der Waals surface area contributed by atoms with Gasteiger partial charge in [-0.15, -0.1) is 0 Å². The molecule has 6 heteroatoms. The van der Waals surface area contributed by atoms with Crippen LogP contribution in [0.3, 0.4) is 0 Å². The van der Waals surface area contributed by atoms with E-state index >= 15 is 0 Å². The van der Waals surface area contributed by atoms with Crippen molar-refractivity contribution in [1.82, 2.24) is 4.90 Å². The number of aliphatic hydroxyl groups excluding tert-OH is 1. The number of urea groups is 1. The number of hydrogen-bond acceptors (Lipinski definition) is 3. The van der Waals surface area contributed by atoms with Crippen LogP contribution >= 0.6 is 0 Å². The van der Waals surface area contributed by atoms with Gasteiger partial charge in [-0.1, -0.05) is 12.1 Å².